The molecule has 0 N–H and O–H groups in total. The van der Waals surface area contributed by atoms with Gasteiger partial charge in [-0.25, -0.2) is 0 Å². The Morgan fingerprint density at radius 2 is 2.05 bits per heavy atom. The maximum Gasteiger partial charge on any atom is 0.150 e. The number of hydrogen-bond acceptors (Lipinski definition) is 2. The van der Waals surface area contributed by atoms with Crippen LogP contribution >= 0.6 is 11.6 Å². The fourth-order valence-electron chi connectivity index (χ4n) is 2.47. The molecule has 2 nitrogen and oxygen atoms in total. The van der Waals surface area contributed by atoms with Gasteiger partial charge in [-0.1, -0.05) is 29.8 Å². The highest BCUT2D eigenvalue weighted by atomic mass is 35.5. The van der Waals surface area contributed by atoms with Gasteiger partial charge in [0.25, 0.3) is 0 Å². The minimum atomic E-state index is 0.619. The van der Waals surface area contributed by atoms with Crippen molar-refractivity contribution in [2.75, 3.05) is 6.61 Å². The van der Waals surface area contributed by atoms with Crippen LogP contribution < -0.4 is 4.74 Å². The lowest BCUT2D eigenvalue weighted by molar-refractivity contribution is 0.112. The normalized spacial score (nSPS) is 13.5. The summed E-state index contributed by atoms with van der Waals surface area (Å²) >= 11 is 6.05. The highest BCUT2D eigenvalue weighted by Gasteiger charge is 2.17. The molecule has 3 heteroatoms. The van der Waals surface area contributed by atoms with E-state index in [4.69, 9.17) is 16.3 Å². The highest BCUT2D eigenvalue weighted by molar-refractivity contribution is 6.31. The van der Waals surface area contributed by atoms with Gasteiger partial charge >= 0.3 is 0 Å². The van der Waals surface area contributed by atoms with Gasteiger partial charge in [0.05, 0.1) is 6.61 Å². The molecule has 1 heterocycles. The Morgan fingerprint density at radius 1 is 1.16 bits per heavy atom. The first-order chi connectivity index (χ1) is 9.29. The van der Waals surface area contributed by atoms with Gasteiger partial charge in [-0.15, -0.1) is 0 Å². The van der Waals surface area contributed by atoms with Crippen molar-refractivity contribution in [2.45, 2.75) is 12.8 Å². The van der Waals surface area contributed by atoms with Crippen molar-refractivity contribution in [3.05, 3.63) is 52.5 Å². The fourth-order valence-corrected chi connectivity index (χ4v) is 2.64. The van der Waals surface area contributed by atoms with Gasteiger partial charge < -0.3 is 4.74 Å². The minimum absolute atomic E-state index is 0.619. The van der Waals surface area contributed by atoms with E-state index in [1.165, 1.54) is 5.56 Å². The van der Waals surface area contributed by atoms with Crippen molar-refractivity contribution in [3.8, 4) is 16.9 Å². The zero-order valence-electron chi connectivity index (χ0n) is 10.4. The molecule has 2 aromatic rings. The SMILES string of the molecule is O=Cc1ccc(Cl)cc1-c1cccc2c1OCCC2. The Hall–Kier alpha value is -1.80. The molecule has 96 valence electrons. The molecule has 0 unspecified atom stereocenters. The average Bonchev–Trinajstić information content (AvgIpc) is 2.46. The van der Waals surface area contributed by atoms with Crippen molar-refractivity contribution in [1.82, 2.24) is 0 Å². The molecule has 0 fully saturated rings. The summed E-state index contributed by atoms with van der Waals surface area (Å²) in [5, 5.41) is 0.619. The molecule has 2 aromatic carbocycles. The first kappa shape index (κ1) is 12.2. The molecule has 0 spiro atoms. The molecule has 0 radical (unpaired) electrons. The lowest BCUT2D eigenvalue weighted by Crippen LogP contribution is -2.09. The van der Waals surface area contributed by atoms with Crippen molar-refractivity contribution in [1.29, 1.82) is 0 Å². The number of fused-ring (bicyclic) bond motifs is 1. The lowest BCUT2D eigenvalue weighted by atomic mass is 9.95. The third-order valence-electron chi connectivity index (χ3n) is 3.37. The second-order valence-corrected chi connectivity index (χ2v) is 5.03. The Morgan fingerprint density at radius 3 is 2.89 bits per heavy atom. The van der Waals surface area contributed by atoms with Crippen LogP contribution in [-0.2, 0) is 6.42 Å². The van der Waals surface area contributed by atoms with Crippen LogP contribution in [0.15, 0.2) is 36.4 Å². The summed E-state index contributed by atoms with van der Waals surface area (Å²) < 4.78 is 5.79. The average molecular weight is 273 g/mol. The summed E-state index contributed by atoms with van der Waals surface area (Å²) in [5.74, 6) is 0.888. The van der Waals surface area contributed by atoms with E-state index in [-0.39, 0.29) is 0 Å². The van der Waals surface area contributed by atoms with Gasteiger partial charge in [0.15, 0.2) is 6.29 Å². The van der Waals surface area contributed by atoms with Gasteiger partial charge in [0, 0.05) is 16.1 Å². The fraction of sp³-hybridized carbons (Fsp3) is 0.188. The molecular weight excluding hydrogens is 260 g/mol. The summed E-state index contributed by atoms with van der Waals surface area (Å²) in [6, 6.07) is 11.3. The molecule has 1 aliphatic rings. The van der Waals surface area contributed by atoms with E-state index in [9.17, 15) is 4.79 Å². The van der Waals surface area contributed by atoms with E-state index in [0.717, 1.165) is 42.6 Å². The van der Waals surface area contributed by atoms with E-state index >= 15 is 0 Å². The van der Waals surface area contributed by atoms with Crippen molar-refractivity contribution >= 4 is 17.9 Å². The maximum atomic E-state index is 11.2. The first-order valence-corrected chi connectivity index (χ1v) is 6.67. The standard InChI is InChI=1S/C16H13ClO2/c17-13-7-6-12(10-18)15(9-13)14-5-1-3-11-4-2-8-19-16(11)14/h1,3,5-7,9-10H,2,4,8H2. The zero-order valence-corrected chi connectivity index (χ0v) is 11.1. The Bertz CT molecular complexity index is 635. The highest BCUT2D eigenvalue weighted by Crippen LogP contribution is 2.38. The molecule has 0 bridgehead atoms. The Kier molecular flexibility index (Phi) is 3.26. The molecule has 0 aromatic heterocycles. The van der Waals surface area contributed by atoms with Gasteiger partial charge in [0.1, 0.15) is 5.75 Å². The number of para-hydroxylation sites is 1. The number of hydrogen-bond donors (Lipinski definition) is 0. The molecule has 0 aliphatic carbocycles. The number of aldehydes is 1. The Labute approximate surface area is 117 Å². The number of carbonyl (C=O) groups excluding carboxylic acids is 1. The first-order valence-electron chi connectivity index (χ1n) is 6.29. The van der Waals surface area contributed by atoms with Gasteiger partial charge in [0.2, 0.25) is 0 Å². The molecule has 3 rings (SSSR count). The summed E-state index contributed by atoms with van der Waals surface area (Å²) in [6.07, 6.45) is 2.90. The molecule has 0 amide bonds. The van der Waals surface area contributed by atoms with E-state index < -0.39 is 0 Å². The number of ether oxygens (including phenoxy) is 1. The minimum Gasteiger partial charge on any atom is -0.493 e. The number of benzene rings is 2. The predicted molar refractivity (Wildman–Crippen MR) is 76.1 cm³/mol. The third kappa shape index (κ3) is 2.24. The molecule has 19 heavy (non-hydrogen) atoms. The molecular formula is C16H13ClO2. The van der Waals surface area contributed by atoms with E-state index in [0.29, 0.717) is 10.6 Å². The topological polar surface area (TPSA) is 26.3 Å². The van der Waals surface area contributed by atoms with Gasteiger partial charge in [-0.2, -0.15) is 0 Å². The van der Waals surface area contributed by atoms with Crippen LogP contribution in [-0.4, -0.2) is 12.9 Å². The number of carbonyl (C=O) groups is 1. The van der Waals surface area contributed by atoms with Crippen molar-refractivity contribution < 1.29 is 9.53 Å². The van der Waals surface area contributed by atoms with Crippen LogP contribution in [0.1, 0.15) is 22.3 Å². The maximum absolute atomic E-state index is 11.2. The smallest absolute Gasteiger partial charge is 0.150 e. The van der Waals surface area contributed by atoms with E-state index in [1.54, 1.807) is 12.1 Å². The van der Waals surface area contributed by atoms with Crippen LogP contribution in [0.5, 0.6) is 5.75 Å². The van der Waals surface area contributed by atoms with Crippen LogP contribution in [0.2, 0.25) is 5.02 Å². The largest absolute Gasteiger partial charge is 0.493 e. The van der Waals surface area contributed by atoms with Crippen molar-refractivity contribution in [3.63, 3.8) is 0 Å². The van der Waals surface area contributed by atoms with Gasteiger partial charge in [-0.05, 0) is 42.2 Å². The second-order valence-electron chi connectivity index (χ2n) is 4.60. The molecule has 0 saturated carbocycles. The molecule has 0 atom stereocenters. The third-order valence-corrected chi connectivity index (χ3v) is 3.60. The predicted octanol–water partition coefficient (Wildman–Crippen LogP) is 4.14. The number of rotatable bonds is 2. The molecule has 1 aliphatic heterocycles. The van der Waals surface area contributed by atoms with E-state index in [1.807, 2.05) is 18.2 Å². The summed E-state index contributed by atoms with van der Waals surface area (Å²) in [5.41, 5.74) is 3.61. The lowest BCUT2D eigenvalue weighted by Gasteiger charge is -2.21. The number of aryl methyl sites for hydroxylation is 1. The second kappa shape index (κ2) is 5.06. The summed E-state index contributed by atoms with van der Waals surface area (Å²) in [6.45, 7) is 0.723. The summed E-state index contributed by atoms with van der Waals surface area (Å²) in [4.78, 5) is 11.2. The van der Waals surface area contributed by atoms with Crippen LogP contribution in [0, 0.1) is 0 Å². The van der Waals surface area contributed by atoms with Crippen molar-refractivity contribution in [2.24, 2.45) is 0 Å². The van der Waals surface area contributed by atoms with Crippen LogP contribution in [0.3, 0.4) is 0 Å². The van der Waals surface area contributed by atoms with Crippen LogP contribution in [0.25, 0.3) is 11.1 Å². The van der Waals surface area contributed by atoms with Crippen LogP contribution in [0.4, 0.5) is 0 Å². The monoisotopic (exact) mass is 272 g/mol. The quantitative estimate of drug-likeness (QED) is 0.768. The zero-order chi connectivity index (χ0) is 13.2. The summed E-state index contributed by atoms with van der Waals surface area (Å²) in [7, 11) is 0. The number of halogens is 1. The van der Waals surface area contributed by atoms with Gasteiger partial charge in [-0.3, -0.25) is 4.79 Å². The van der Waals surface area contributed by atoms with E-state index in [2.05, 4.69) is 6.07 Å². The Balaban J connectivity index is 2.22. The molecule has 0 saturated heterocycles.